The maximum Gasteiger partial charge on any atom is 0.144 e. The largest absolute Gasteiger partial charge is 0.319 e. The number of hydrogen-bond donors (Lipinski definition) is 0. The fourth-order valence-electron chi connectivity index (χ4n) is 2.44. The molecule has 2 rings (SSSR count). The summed E-state index contributed by atoms with van der Waals surface area (Å²) in [4.78, 5) is 11.3. The summed E-state index contributed by atoms with van der Waals surface area (Å²) in [6.45, 7) is 1.78. The minimum Gasteiger partial charge on any atom is -0.319 e. The number of Topliss-reactive ketones (excluding diaryl/α,β-unsaturated/α-hetero) is 1. The molecule has 0 fully saturated rings. The molecule has 1 atom stereocenters. The first-order valence-electron chi connectivity index (χ1n) is 4.89. The van der Waals surface area contributed by atoms with E-state index >= 15 is 0 Å². The highest BCUT2D eigenvalue weighted by Crippen LogP contribution is 2.58. The van der Waals surface area contributed by atoms with Crippen molar-refractivity contribution >= 4 is 12.9 Å². The van der Waals surface area contributed by atoms with Gasteiger partial charge in [-0.1, -0.05) is 5.57 Å². The van der Waals surface area contributed by atoms with Crippen molar-refractivity contribution in [3.8, 4) is 0 Å². The standard InChI is InChI=1S/C10H15O2P/c1-13(12)7-9(11)6-8-4-2-3-5-10(8)13/h2-7H2,1H3. The van der Waals surface area contributed by atoms with Crippen molar-refractivity contribution in [3.63, 3.8) is 0 Å². The lowest BCUT2D eigenvalue weighted by Gasteiger charge is -2.29. The van der Waals surface area contributed by atoms with E-state index in [0.29, 0.717) is 12.6 Å². The first kappa shape index (κ1) is 9.21. The number of hydrogen-bond acceptors (Lipinski definition) is 2. The van der Waals surface area contributed by atoms with Crippen molar-refractivity contribution in [2.45, 2.75) is 32.1 Å². The van der Waals surface area contributed by atoms with Gasteiger partial charge in [-0.2, -0.15) is 0 Å². The van der Waals surface area contributed by atoms with E-state index in [4.69, 9.17) is 0 Å². The number of rotatable bonds is 0. The predicted octanol–water partition coefficient (Wildman–Crippen LogP) is 2.78. The normalized spacial score (nSPS) is 34.7. The highest BCUT2D eigenvalue weighted by molar-refractivity contribution is 7.68. The summed E-state index contributed by atoms with van der Waals surface area (Å²) in [5.41, 5.74) is 1.22. The Bertz CT molecular complexity index is 328. The molecule has 0 aromatic carbocycles. The van der Waals surface area contributed by atoms with Crippen LogP contribution in [0.15, 0.2) is 10.9 Å². The van der Waals surface area contributed by atoms with E-state index < -0.39 is 7.14 Å². The van der Waals surface area contributed by atoms with Gasteiger partial charge in [0.25, 0.3) is 0 Å². The summed E-state index contributed by atoms with van der Waals surface area (Å²) in [6, 6.07) is 0. The predicted molar refractivity (Wildman–Crippen MR) is 53.5 cm³/mol. The van der Waals surface area contributed by atoms with Crippen LogP contribution >= 0.6 is 7.14 Å². The van der Waals surface area contributed by atoms with Gasteiger partial charge in [0.2, 0.25) is 0 Å². The zero-order valence-corrected chi connectivity index (χ0v) is 8.90. The van der Waals surface area contributed by atoms with Crippen molar-refractivity contribution in [1.82, 2.24) is 0 Å². The van der Waals surface area contributed by atoms with Crippen LogP contribution in [0.4, 0.5) is 0 Å². The average molecular weight is 198 g/mol. The number of allylic oxidation sites excluding steroid dienone is 2. The molecule has 72 valence electrons. The van der Waals surface area contributed by atoms with E-state index in [1.165, 1.54) is 17.3 Å². The summed E-state index contributed by atoms with van der Waals surface area (Å²) in [5.74, 6) is 0.187. The maximum atomic E-state index is 12.1. The Morgan fingerprint density at radius 1 is 1.23 bits per heavy atom. The van der Waals surface area contributed by atoms with E-state index in [-0.39, 0.29) is 5.78 Å². The van der Waals surface area contributed by atoms with Crippen molar-refractivity contribution in [3.05, 3.63) is 10.9 Å². The number of carbonyl (C=O) groups excluding carboxylic acids is 1. The van der Waals surface area contributed by atoms with Gasteiger partial charge in [-0.25, -0.2) is 0 Å². The van der Waals surface area contributed by atoms with Gasteiger partial charge >= 0.3 is 0 Å². The Labute approximate surface area is 78.8 Å². The van der Waals surface area contributed by atoms with Gasteiger partial charge in [0, 0.05) is 6.42 Å². The SMILES string of the molecule is CP1(=O)CC(=O)CC2=C1CCCC2. The summed E-state index contributed by atoms with van der Waals surface area (Å²) < 4.78 is 12.1. The molecule has 0 spiro atoms. The van der Waals surface area contributed by atoms with Gasteiger partial charge in [0.1, 0.15) is 12.9 Å². The fraction of sp³-hybridized carbons (Fsp3) is 0.700. The number of ketones is 1. The van der Waals surface area contributed by atoms with E-state index in [0.717, 1.165) is 19.3 Å². The molecule has 13 heavy (non-hydrogen) atoms. The molecule has 2 nitrogen and oxygen atoms in total. The lowest BCUT2D eigenvalue weighted by molar-refractivity contribution is -0.116. The Kier molecular flexibility index (Phi) is 2.19. The van der Waals surface area contributed by atoms with Crippen LogP contribution < -0.4 is 0 Å². The van der Waals surface area contributed by atoms with Crippen molar-refractivity contribution < 1.29 is 9.36 Å². The molecule has 0 N–H and O–H groups in total. The second-order valence-electron chi connectivity index (χ2n) is 4.23. The Hall–Kier alpha value is -0.360. The molecule has 1 unspecified atom stereocenters. The minimum absolute atomic E-state index is 0.187. The first-order chi connectivity index (χ1) is 6.09. The molecule has 0 aromatic rings. The monoisotopic (exact) mass is 198 g/mol. The topological polar surface area (TPSA) is 34.1 Å². The van der Waals surface area contributed by atoms with Gasteiger partial charge in [0.05, 0.1) is 6.16 Å². The molecular formula is C10H15O2P. The molecule has 3 heteroatoms. The van der Waals surface area contributed by atoms with Gasteiger partial charge in [-0.05, 0) is 37.7 Å². The van der Waals surface area contributed by atoms with Crippen LogP contribution in [0.3, 0.4) is 0 Å². The first-order valence-corrected chi connectivity index (χ1v) is 7.23. The molecule has 0 aromatic heterocycles. The van der Waals surface area contributed by atoms with E-state index in [2.05, 4.69) is 0 Å². The van der Waals surface area contributed by atoms with Gasteiger partial charge in [-0.15, -0.1) is 0 Å². The third-order valence-electron chi connectivity index (χ3n) is 3.01. The van der Waals surface area contributed by atoms with Gasteiger partial charge in [-0.3, -0.25) is 4.79 Å². The third-order valence-corrected chi connectivity index (χ3v) is 5.65. The van der Waals surface area contributed by atoms with Gasteiger partial charge < -0.3 is 4.57 Å². The van der Waals surface area contributed by atoms with Crippen molar-refractivity contribution in [2.24, 2.45) is 0 Å². The third kappa shape index (κ3) is 1.65. The Balaban J connectivity index is 2.42. The zero-order chi connectivity index (χ0) is 9.47. The van der Waals surface area contributed by atoms with Crippen LogP contribution in [0.2, 0.25) is 0 Å². The maximum absolute atomic E-state index is 12.1. The van der Waals surface area contributed by atoms with Crippen LogP contribution in [0, 0.1) is 0 Å². The Morgan fingerprint density at radius 3 is 2.69 bits per heavy atom. The highest BCUT2D eigenvalue weighted by atomic mass is 31.2. The van der Waals surface area contributed by atoms with Crippen LogP contribution in [0.1, 0.15) is 32.1 Å². The fourth-order valence-corrected chi connectivity index (χ4v) is 4.91. The van der Waals surface area contributed by atoms with Gasteiger partial charge in [0.15, 0.2) is 0 Å². The quantitative estimate of drug-likeness (QED) is 0.561. The molecule has 1 aliphatic carbocycles. The highest BCUT2D eigenvalue weighted by Gasteiger charge is 2.33. The zero-order valence-electron chi connectivity index (χ0n) is 8.01. The molecule has 1 heterocycles. The summed E-state index contributed by atoms with van der Waals surface area (Å²) in [5, 5.41) is 1.17. The molecule has 0 radical (unpaired) electrons. The van der Waals surface area contributed by atoms with Crippen molar-refractivity contribution in [1.29, 1.82) is 0 Å². The van der Waals surface area contributed by atoms with Crippen LogP contribution in [-0.2, 0) is 9.36 Å². The van der Waals surface area contributed by atoms with E-state index in [1.807, 2.05) is 0 Å². The Morgan fingerprint density at radius 2 is 1.92 bits per heavy atom. The molecule has 0 bridgehead atoms. The summed E-state index contributed by atoms with van der Waals surface area (Å²) >= 11 is 0. The van der Waals surface area contributed by atoms with Crippen molar-refractivity contribution in [2.75, 3.05) is 12.8 Å². The number of carbonyl (C=O) groups is 1. The molecule has 0 amide bonds. The second-order valence-corrected chi connectivity index (χ2v) is 7.29. The average Bonchev–Trinajstić information content (AvgIpc) is 2.02. The molecule has 2 aliphatic rings. The minimum atomic E-state index is -2.24. The van der Waals surface area contributed by atoms with E-state index in [1.54, 1.807) is 6.66 Å². The molecular weight excluding hydrogens is 183 g/mol. The van der Waals surface area contributed by atoms with Crippen LogP contribution in [0.25, 0.3) is 0 Å². The summed E-state index contributed by atoms with van der Waals surface area (Å²) in [7, 11) is -2.24. The lowest BCUT2D eigenvalue weighted by atomic mass is 9.95. The summed E-state index contributed by atoms with van der Waals surface area (Å²) in [6.07, 6.45) is 5.24. The lowest BCUT2D eigenvalue weighted by Crippen LogP contribution is -2.17. The molecule has 0 saturated carbocycles. The second kappa shape index (κ2) is 3.09. The van der Waals surface area contributed by atoms with E-state index in [9.17, 15) is 9.36 Å². The smallest absolute Gasteiger partial charge is 0.144 e. The van der Waals surface area contributed by atoms with Crippen LogP contribution in [-0.4, -0.2) is 18.6 Å². The molecule has 1 aliphatic heterocycles. The molecule has 0 saturated heterocycles. The van der Waals surface area contributed by atoms with Crippen LogP contribution in [0.5, 0.6) is 0 Å².